The van der Waals surface area contributed by atoms with E-state index in [1.807, 2.05) is 30.3 Å². The fourth-order valence-corrected chi connectivity index (χ4v) is 7.02. The van der Waals surface area contributed by atoms with Crippen molar-refractivity contribution in [3.8, 4) is 45.0 Å². The number of aromatic nitrogens is 2. The Morgan fingerprint density at radius 1 is 0.500 bits per heavy atom. The molecule has 0 unspecified atom stereocenters. The van der Waals surface area contributed by atoms with Crippen LogP contribution in [0.3, 0.4) is 0 Å². The first kappa shape index (κ1) is 25.0. The first-order chi connectivity index (χ1) is 21.5. The zero-order valence-electron chi connectivity index (χ0n) is 24.5. The quantitative estimate of drug-likeness (QED) is 0.214. The molecule has 0 atom stereocenters. The van der Waals surface area contributed by atoms with Gasteiger partial charge in [-0.05, 0) is 69.4 Å². The van der Waals surface area contributed by atoms with Crippen molar-refractivity contribution < 1.29 is 4.42 Å². The largest absolute Gasteiger partial charge is 0.456 e. The van der Waals surface area contributed by atoms with Gasteiger partial charge in [0, 0.05) is 32.9 Å². The van der Waals surface area contributed by atoms with Crippen LogP contribution in [0.1, 0.15) is 25.0 Å². The highest BCUT2D eigenvalue weighted by atomic mass is 16.3. The first-order valence-corrected chi connectivity index (χ1v) is 15.1. The van der Waals surface area contributed by atoms with Gasteiger partial charge in [0.2, 0.25) is 0 Å². The van der Waals surface area contributed by atoms with Crippen LogP contribution in [0.15, 0.2) is 138 Å². The van der Waals surface area contributed by atoms with Crippen LogP contribution in [0.5, 0.6) is 0 Å². The Morgan fingerprint density at radius 2 is 1.23 bits per heavy atom. The van der Waals surface area contributed by atoms with Crippen LogP contribution in [0.25, 0.3) is 77.7 Å². The maximum atomic E-state index is 6.26. The molecule has 3 heteroatoms. The lowest BCUT2D eigenvalue weighted by atomic mass is 9.81. The van der Waals surface area contributed by atoms with Crippen LogP contribution < -0.4 is 0 Å². The third-order valence-electron chi connectivity index (χ3n) is 9.27. The van der Waals surface area contributed by atoms with Gasteiger partial charge in [0.05, 0.1) is 11.4 Å². The molecular weight excluding hydrogens is 536 g/mol. The predicted molar refractivity (Wildman–Crippen MR) is 181 cm³/mol. The third-order valence-corrected chi connectivity index (χ3v) is 9.27. The number of benzene rings is 6. The molecule has 9 rings (SSSR count). The Hall–Kier alpha value is -5.54. The number of hydrogen-bond acceptors (Lipinski definition) is 3. The molecule has 8 aromatic rings. The summed E-state index contributed by atoms with van der Waals surface area (Å²) in [5, 5.41) is 4.74. The van der Waals surface area contributed by atoms with Gasteiger partial charge >= 0.3 is 0 Å². The number of fused-ring (bicyclic) bond motifs is 7. The van der Waals surface area contributed by atoms with Crippen LogP contribution >= 0.6 is 0 Å². The zero-order chi connectivity index (χ0) is 29.4. The van der Waals surface area contributed by atoms with E-state index in [1.54, 1.807) is 0 Å². The predicted octanol–water partition coefficient (Wildman–Crippen LogP) is 10.8. The molecule has 2 aromatic heterocycles. The Morgan fingerprint density at radius 3 is 2.09 bits per heavy atom. The molecule has 0 bridgehead atoms. The summed E-state index contributed by atoms with van der Waals surface area (Å²) in [6, 6.07) is 47.0. The molecule has 0 saturated carbocycles. The maximum Gasteiger partial charge on any atom is 0.160 e. The third kappa shape index (κ3) is 3.69. The average molecular weight is 565 g/mol. The van der Waals surface area contributed by atoms with Crippen LogP contribution in [-0.4, -0.2) is 9.97 Å². The summed E-state index contributed by atoms with van der Waals surface area (Å²) in [5.41, 5.74) is 11.7. The van der Waals surface area contributed by atoms with E-state index < -0.39 is 0 Å². The molecule has 0 spiro atoms. The molecule has 1 aliphatic rings. The molecule has 3 nitrogen and oxygen atoms in total. The van der Waals surface area contributed by atoms with Crippen molar-refractivity contribution in [1.29, 1.82) is 0 Å². The standard InChI is InChI=1S/C41H28N2O/c1-41(2)33-17-10-16-31(39(33)32-21-26-13-6-7-14-27(26)22-34(32)41)36-24-35(42-40(43-36)25-11-4-3-5-12-25)28-19-20-30-29-15-8-9-18-37(29)44-38(30)23-28/h3-24H,1-2H3. The lowest BCUT2D eigenvalue weighted by Crippen LogP contribution is -2.14. The van der Waals surface area contributed by atoms with Gasteiger partial charge in [0.1, 0.15) is 11.2 Å². The highest BCUT2D eigenvalue weighted by molar-refractivity contribution is 6.06. The van der Waals surface area contributed by atoms with Gasteiger partial charge in [-0.2, -0.15) is 0 Å². The average Bonchev–Trinajstić information content (AvgIpc) is 3.55. The molecule has 0 saturated heterocycles. The molecule has 6 aromatic carbocycles. The minimum Gasteiger partial charge on any atom is -0.456 e. The monoisotopic (exact) mass is 564 g/mol. The van der Waals surface area contributed by atoms with Gasteiger partial charge in [-0.25, -0.2) is 9.97 Å². The fraction of sp³-hybridized carbons (Fsp3) is 0.0732. The Bertz CT molecular complexity index is 2420. The van der Waals surface area contributed by atoms with Gasteiger partial charge in [-0.3, -0.25) is 0 Å². The normalized spacial score (nSPS) is 13.4. The topological polar surface area (TPSA) is 38.9 Å². The van der Waals surface area contributed by atoms with Gasteiger partial charge in [0.25, 0.3) is 0 Å². The first-order valence-electron chi connectivity index (χ1n) is 15.1. The van der Waals surface area contributed by atoms with E-state index >= 15 is 0 Å². The van der Waals surface area contributed by atoms with Crippen molar-refractivity contribution in [3.05, 3.63) is 145 Å². The van der Waals surface area contributed by atoms with Gasteiger partial charge in [0.15, 0.2) is 5.82 Å². The van der Waals surface area contributed by atoms with Crippen LogP contribution in [-0.2, 0) is 5.41 Å². The fourth-order valence-electron chi connectivity index (χ4n) is 7.02. The van der Waals surface area contributed by atoms with E-state index in [2.05, 4.69) is 117 Å². The van der Waals surface area contributed by atoms with Crippen molar-refractivity contribution in [2.45, 2.75) is 19.3 Å². The molecule has 0 N–H and O–H groups in total. The summed E-state index contributed by atoms with van der Waals surface area (Å²) in [6.07, 6.45) is 0. The second-order valence-electron chi connectivity index (χ2n) is 12.2. The number of nitrogens with zero attached hydrogens (tertiary/aromatic N) is 2. The van der Waals surface area contributed by atoms with E-state index in [4.69, 9.17) is 14.4 Å². The number of para-hydroxylation sites is 1. The molecule has 0 amide bonds. The molecule has 44 heavy (non-hydrogen) atoms. The Kier molecular flexibility index (Phi) is 5.24. The minimum atomic E-state index is -0.130. The lowest BCUT2D eigenvalue weighted by molar-refractivity contribution is 0.661. The molecule has 1 aliphatic carbocycles. The smallest absolute Gasteiger partial charge is 0.160 e. The molecule has 208 valence electrons. The van der Waals surface area contributed by atoms with Gasteiger partial charge < -0.3 is 4.42 Å². The maximum absolute atomic E-state index is 6.26. The Balaban J connectivity index is 1.29. The number of hydrogen-bond donors (Lipinski definition) is 0. The summed E-state index contributed by atoms with van der Waals surface area (Å²) in [7, 11) is 0. The zero-order valence-corrected chi connectivity index (χ0v) is 24.5. The SMILES string of the molecule is CC1(C)c2cc3ccccc3cc2-c2c(-c3cc(-c4ccc5c(c4)oc4ccccc45)nc(-c4ccccc4)n3)cccc21. The van der Waals surface area contributed by atoms with Crippen molar-refractivity contribution in [2.75, 3.05) is 0 Å². The highest BCUT2D eigenvalue weighted by Gasteiger charge is 2.37. The van der Waals surface area contributed by atoms with E-state index in [1.165, 1.54) is 33.0 Å². The van der Waals surface area contributed by atoms with E-state index in [0.29, 0.717) is 5.82 Å². The lowest BCUT2D eigenvalue weighted by Gasteiger charge is -2.22. The van der Waals surface area contributed by atoms with E-state index in [9.17, 15) is 0 Å². The summed E-state index contributed by atoms with van der Waals surface area (Å²) >= 11 is 0. The molecule has 0 radical (unpaired) electrons. The minimum absolute atomic E-state index is 0.130. The van der Waals surface area contributed by atoms with Gasteiger partial charge in [-0.15, -0.1) is 0 Å². The van der Waals surface area contributed by atoms with Crippen molar-refractivity contribution in [1.82, 2.24) is 9.97 Å². The van der Waals surface area contributed by atoms with Gasteiger partial charge in [-0.1, -0.05) is 111 Å². The molecule has 0 aliphatic heterocycles. The van der Waals surface area contributed by atoms with E-state index in [-0.39, 0.29) is 5.41 Å². The molecule has 2 heterocycles. The summed E-state index contributed by atoms with van der Waals surface area (Å²) in [6.45, 7) is 4.67. The molecular formula is C41H28N2O. The van der Waals surface area contributed by atoms with Crippen molar-refractivity contribution >= 4 is 32.7 Å². The summed E-state index contributed by atoms with van der Waals surface area (Å²) in [4.78, 5) is 10.3. The molecule has 0 fully saturated rings. The number of furan rings is 1. The summed E-state index contributed by atoms with van der Waals surface area (Å²) < 4.78 is 6.26. The van der Waals surface area contributed by atoms with Crippen molar-refractivity contribution in [3.63, 3.8) is 0 Å². The second-order valence-corrected chi connectivity index (χ2v) is 12.2. The summed E-state index contributed by atoms with van der Waals surface area (Å²) in [5.74, 6) is 0.705. The van der Waals surface area contributed by atoms with Crippen LogP contribution in [0.2, 0.25) is 0 Å². The highest BCUT2D eigenvalue weighted by Crippen LogP contribution is 2.53. The number of rotatable bonds is 3. The second kappa shape index (κ2) is 9.23. The van der Waals surface area contributed by atoms with Crippen LogP contribution in [0, 0.1) is 0 Å². The van der Waals surface area contributed by atoms with Crippen molar-refractivity contribution in [2.24, 2.45) is 0 Å². The van der Waals surface area contributed by atoms with Crippen LogP contribution in [0.4, 0.5) is 0 Å². The van der Waals surface area contributed by atoms with E-state index in [0.717, 1.165) is 50.0 Å². The Labute approximate surface area is 255 Å².